The number of aryl methyl sites for hydroxylation is 1. The van der Waals surface area contributed by atoms with E-state index >= 15 is 0 Å². The third kappa shape index (κ3) is 3.71. The average Bonchev–Trinajstić information content (AvgIpc) is 2.79. The number of amides is 1. The Morgan fingerprint density at radius 2 is 2.14 bits per heavy atom. The highest BCUT2D eigenvalue weighted by atomic mass is 19.1. The van der Waals surface area contributed by atoms with Crippen molar-refractivity contribution in [2.45, 2.75) is 13.0 Å². The largest absolute Gasteiger partial charge is 0.489 e. The number of ether oxygens (including phenoxy) is 1. The van der Waals surface area contributed by atoms with Gasteiger partial charge in [0.2, 0.25) is 0 Å². The second-order valence-corrected chi connectivity index (χ2v) is 4.66. The van der Waals surface area contributed by atoms with Crippen LogP contribution in [0.4, 0.5) is 10.2 Å². The number of nitrogens with two attached hydrogens (primary N) is 1. The molecule has 112 valence electrons. The lowest BCUT2D eigenvalue weighted by Gasteiger charge is -2.15. The molecule has 21 heavy (non-hydrogen) atoms. The maximum absolute atomic E-state index is 12.8. The molecule has 0 aliphatic rings. The molecule has 0 unspecified atom stereocenters. The van der Waals surface area contributed by atoms with E-state index in [4.69, 9.17) is 10.5 Å². The molecule has 1 atom stereocenters. The molecule has 1 aromatic heterocycles. The van der Waals surface area contributed by atoms with Crippen LogP contribution in [0.5, 0.6) is 5.75 Å². The fourth-order valence-corrected chi connectivity index (χ4v) is 1.74. The number of rotatable bonds is 5. The Hall–Kier alpha value is -2.57. The van der Waals surface area contributed by atoms with Gasteiger partial charge in [0.05, 0.1) is 12.7 Å². The Morgan fingerprint density at radius 1 is 1.48 bits per heavy atom. The van der Waals surface area contributed by atoms with E-state index in [1.807, 2.05) is 0 Å². The molecule has 0 spiro atoms. The topological polar surface area (TPSA) is 82.2 Å². The van der Waals surface area contributed by atoms with E-state index in [9.17, 15) is 9.18 Å². The summed E-state index contributed by atoms with van der Waals surface area (Å²) in [6.07, 6.45) is 1.15. The van der Waals surface area contributed by atoms with Crippen molar-refractivity contribution < 1.29 is 13.9 Å². The second kappa shape index (κ2) is 6.25. The molecule has 0 aliphatic heterocycles. The Kier molecular flexibility index (Phi) is 4.42. The smallest absolute Gasteiger partial charge is 0.256 e. The molecule has 0 saturated carbocycles. The Morgan fingerprint density at radius 3 is 2.71 bits per heavy atom. The third-order valence-corrected chi connectivity index (χ3v) is 2.93. The first-order valence-corrected chi connectivity index (χ1v) is 6.45. The zero-order valence-corrected chi connectivity index (χ0v) is 11.8. The number of nitrogen functional groups attached to an aromatic ring is 1. The summed E-state index contributed by atoms with van der Waals surface area (Å²) in [4.78, 5) is 11.9. The monoisotopic (exact) mass is 292 g/mol. The summed E-state index contributed by atoms with van der Waals surface area (Å²) in [6, 6.07) is 5.70. The molecule has 2 rings (SSSR count). The summed E-state index contributed by atoms with van der Waals surface area (Å²) in [7, 11) is 1.66. The summed E-state index contributed by atoms with van der Waals surface area (Å²) < 4.78 is 19.8. The first-order chi connectivity index (χ1) is 9.97. The molecular formula is C14H17FN4O2. The maximum atomic E-state index is 12.8. The van der Waals surface area contributed by atoms with Crippen LogP contribution in [0.1, 0.15) is 17.3 Å². The summed E-state index contributed by atoms with van der Waals surface area (Å²) in [5.41, 5.74) is 6.05. The van der Waals surface area contributed by atoms with Crippen LogP contribution in [0.3, 0.4) is 0 Å². The van der Waals surface area contributed by atoms with Gasteiger partial charge in [0.1, 0.15) is 29.1 Å². The van der Waals surface area contributed by atoms with Crippen molar-refractivity contribution >= 4 is 11.7 Å². The molecule has 1 aromatic carbocycles. The van der Waals surface area contributed by atoms with Crippen LogP contribution in [0.15, 0.2) is 30.5 Å². The molecule has 2 aromatic rings. The van der Waals surface area contributed by atoms with Crippen LogP contribution in [0.25, 0.3) is 0 Å². The van der Waals surface area contributed by atoms with Crippen molar-refractivity contribution in [3.8, 4) is 5.75 Å². The number of aromatic nitrogens is 2. The van der Waals surface area contributed by atoms with Gasteiger partial charge in [-0.25, -0.2) is 4.39 Å². The fraction of sp³-hybridized carbons (Fsp3) is 0.286. The van der Waals surface area contributed by atoms with E-state index in [1.165, 1.54) is 35.1 Å². The number of nitrogens with zero attached hydrogens (tertiary/aromatic N) is 2. The number of nitrogens with one attached hydrogen (secondary N) is 1. The van der Waals surface area contributed by atoms with Gasteiger partial charge in [-0.1, -0.05) is 0 Å². The molecule has 6 nitrogen and oxygen atoms in total. The van der Waals surface area contributed by atoms with Crippen LogP contribution >= 0.6 is 0 Å². The number of anilines is 1. The molecular weight excluding hydrogens is 275 g/mol. The van der Waals surface area contributed by atoms with Crippen LogP contribution in [0.2, 0.25) is 0 Å². The lowest BCUT2D eigenvalue weighted by atomic mass is 10.3. The SMILES string of the molecule is C[C@H](CNC(=O)c1cnn(C)c1N)Oc1ccc(F)cc1. The number of benzene rings is 1. The predicted molar refractivity (Wildman–Crippen MR) is 76.4 cm³/mol. The average molecular weight is 292 g/mol. The van der Waals surface area contributed by atoms with Gasteiger partial charge in [0.15, 0.2) is 0 Å². The highest BCUT2D eigenvalue weighted by Crippen LogP contribution is 2.13. The van der Waals surface area contributed by atoms with Crippen LogP contribution in [-0.2, 0) is 7.05 Å². The molecule has 0 saturated heterocycles. The van der Waals surface area contributed by atoms with E-state index in [0.29, 0.717) is 23.7 Å². The van der Waals surface area contributed by atoms with E-state index in [1.54, 1.807) is 14.0 Å². The minimum atomic E-state index is -0.324. The zero-order chi connectivity index (χ0) is 15.4. The minimum Gasteiger partial charge on any atom is -0.489 e. The van der Waals surface area contributed by atoms with E-state index in [-0.39, 0.29) is 17.8 Å². The van der Waals surface area contributed by atoms with Gasteiger partial charge < -0.3 is 15.8 Å². The molecule has 3 N–H and O–H groups in total. The molecule has 0 fully saturated rings. The maximum Gasteiger partial charge on any atom is 0.256 e. The lowest BCUT2D eigenvalue weighted by Crippen LogP contribution is -2.33. The van der Waals surface area contributed by atoms with Crippen molar-refractivity contribution in [3.63, 3.8) is 0 Å². The van der Waals surface area contributed by atoms with Crippen LogP contribution in [0, 0.1) is 5.82 Å². The normalized spacial score (nSPS) is 12.0. The molecule has 0 aliphatic carbocycles. The van der Waals surface area contributed by atoms with Crippen molar-refractivity contribution in [3.05, 3.63) is 41.8 Å². The van der Waals surface area contributed by atoms with E-state index < -0.39 is 0 Å². The second-order valence-electron chi connectivity index (χ2n) is 4.66. The van der Waals surface area contributed by atoms with Gasteiger partial charge in [-0.3, -0.25) is 9.48 Å². The van der Waals surface area contributed by atoms with Crippen LogP contribution < -0.4 is 15.8 Å². The van der Waals surface area contributed by atoms with Gasteiger partial charge in [0.25, 0.3) is 5.91 Å². The number of carbonyl (C=O) groups is 1. The van der Waals surface area contributed by atoms with E-state index in [0.717, 1.165) is 0 Å². The highest BCUT2D eigenvalue weighted by Gasteiger charge is 2.14. The van der Waals surface area contributed by atoms with Crippen molar-refractivity contribution in [2.24, 2.45) is 7.05 Å². The standard InChI is InChI=1S/C14H17FN4O2/c1-9(21-11-5-3-10(15)4-6-11)7-17-14(20)12-8-18-19(2)13(12)16/h3-6,8-9H,7,16H2,1-2H3,(H,17,20)/t9-/m1/s1. The molecule has 0 radical (unpaired) electrons. The Labute approximate surface area is 121 Å². The summed E-state index contributed by atoms with van der Waals surface area (Å²) in [5, 5.41) is 6.62. The number of carbonyl (C=O) groups excluding carboxylic acids is 1. The lowest BCUT2D eigenvalue weighted by molar-refractivity contribution is 0.0933. The summed E-state index contributed by atoms with van der Waals surface area (Å²) in [6.45, 7) is 2.10. The first-order valence-electron chi connectivity index (χ1n) is 6.45. The number of halogens is 1. The van der Waals surface area contributed by atoms with E-state index in [2.05, 4.69) is 10.4 Å². The van der Waals surface area contributed by atoms with Gasteiger partial charge in [-0.05, 0) is 31.2 Å². The quantitative estimate of drug-likeness (QED) is 0.871. The first kappa shape index (κ1) is 14.8. The molecule has 1 heterocycles. The number of hydrogen-bond donors (Lipinski definition) is 2. The van der Waals surface area contributed by atoms with Gasteiger partial charge in [0, 0.05) is 7.05 Å². The summed E-state index contributed by atoms with van der Waals surface area (Å²) in [5.74, 6) is 0.212. The Bertz CT molecular complexity index is 624. The third-order valence-electron chi connectivity index (χ3n) is 2.93. The predicted octanol–water partition coefficient (Wildman–Crippen LogP) is 1.34. The highest BCUT2D eigenvalue weighted by molar-refractivity contribution is 5.98. The zero-order valence-electron chi connectivity index (χ0n) is 11.8. The van der Waals surface area contributed by atoms with Gasteiger partial charge >= 0.3 is 0 Å². The minimum absolute atomic E-state index is 0.266. The number of hydrogen-bond acceptors (Lipinski definition) is 4. The Balaban J connectivity index is 1.86. The molecule has 0 bridgehead atoms. The fourth-order valence-electron chi connectivity index (χ4n) is 1.74. The summed E-state index contributed by atoms with van der Waals surface area (Å²) >= 11 is 0. The van der Waals surface area contributed by atoms with Crippen molar-refractivity contribution in [1.29, 1.82) is 0 Å². The molecule has 1 amide bonds. The van der Waals surface area contributed by atoms with Crippen LogP contribution in [-0.4, -0.2) is 28.3 Å². The van der Waals surface area contributed by atoms with Gasteiger partial charge in [-0.15, -0.1) is 0 Å². The van der Waals surface area contributed by atoms with Gasteiger partial charge in [-0.2, -0.15) is 5.10 Å². The van der Waals surface area contributed by atoms with Crippen molar-refractivity contribution in [1.82, 2.24) is 15.1 Å². The molecule has 7 heteroatoms. The van der Waals surface area contributed by atoms with Crippen molar-refractivity contribution in [2.75, 3.05) is 12.3 Å².